The van der Waals surface area contributed by atoms with E-state index >= 15 is 0 Å². The van der Waals surface area contributed by atoms with Gasteiger partial charge in [0.1, 0.15) is 5.75 Å². The topological polar surface area (TPSA) is 46.2 Å². The summed E-state index contributed by atoms with van der Waals surface area (Å²) in [5.74, 6) is 1.18. The average Bonchev–Trinajstić information content (AvgIpc) is 2.28. The van der Waals surface area contributed by atoms with Gasteiger partial charge in [-0.1, -0.05) is 18.2 Å². The van der Waals surface area contributed by atoms with Crippen molar-refractivity contribution in [1.82, 2.24) is 0 Å². The van der Waals surface area contributed by atoms with Gasteiger partial charge >= 0.3 is 0 Å². The lowest BCUT2D eigenvalue weighted by molar-refractivity contribution is 0.475. The van der Waals surface area contributed by atoms with Crippen LogP contribution in [0, 0.1) is 0 Å². The second kappa shape index (κ2) is 4.94. The Balaban J connectivity index is 1.99. The number of phenolic OH excluding ortho intramolecular Hbond substituents is 1. The van der Waals surface area contributed by atoms with Gasteiger partial charge in [0, 0.05) is 16.3 Å². The number of phenols is 1. The molecule has 0 aliphatic heterocycles. The fraction of sp³-hybridized carbons (Fsp3) is 0.0769. The molecule has 0 bridgehead atoms. The summed E-state index contributed by atoms with van der Waals surface area (Å²) in [5, 5.41) is 9.15. The minimum Gasteiger partial charge on any atom is -0.508 e. The molecule has 0 heterocycles. The van der Waals surface area contributed by atoms with Crippen LogP contribution in [0.3, 0.4) is 0 Å². The molecule has 0 radical (unpaired) electrons. The van der Waals surface area contributed by atoms with Crippen LogP contribution < -0.4 is 5.73 Å². The normalized spacial score (nSPS) is 10.2. The predicted octanol–water partition coefficient (Wildman–Crippen LogP) is 3.27. The fourth-order valence-corrected chi connectivity index (χ4v) is 2.28. The molecule has 2 aromatic carbocycles. The molecule has 3 N–H and O–H groups in total. The number of nitrogen functional groups attached to an aromatic ring is 1. The van der Waals surface area contributed by atoms with E-state index in [1.54, 1.807) is 23.9 Å². The molecule has 0 aliphatic rings. The average molecular weight is 231 g/mol. The lowest BCUT2D eigenvalue weighted by atomic mass is 10.2. The number of benzene rings is 2. The third kappa shape index (κ3) is 2.94. The van der Waals surface area contributed by atoms with Crippen molar-refractivity contribution in [2.75, 3.05) is 5.73 Å². The molecular weight excluding hydrogens is 218 g/mol. The molecule has 0 saturated carbocycles. The molecule has 2 nitrogen and oxygen atoms in total. The summed E-state index contributed by atoms with van der Waals surface area (Å²) in [6.07, 6.45) is 0. The molecule has 0 atom stereocenters. The van der Waals surface area contributed by atoms with Gasteiger partial charge in [-0.3, -0.25) is 0 Å². The Kier molecular flexibility index (Phi) is 3.37. The van der Waals surface area contributed by atoms with Crippen molar-refractivity contribution in [2.45, 2.75) is 10.6 Å². The highest BCUT2D eigenvalue weighted by Crippen LogP contribution is 2.24. The Morgan fingerprint density at radius 3 is 2.50 bits per heavy atom. The SMILES string of the molecule is Nc1cccc(SCc2ccc(O)cc2)c1. The first-order valence-electron chi connectivity index (χ1n) is 5.00. The maximum absolute atomic E-state index is 9.15. The van der Waals surface area contributed by atoms with Crippen LogP contribution in [0.15, 0.2) is 53.4 Å². The van der Waals surface area contributed by atoms with Crippen molar-refractivity contribution in [3.63, 3.8) is 0 Å². The maximum Gasteiger partial charge on any atom is 0.115 e. The van der Waals surface area contributed by atoms with E-state index in [1.165, 1.54) is 5.56 Å². The van der Waals surface area contributed by atoms with Gasteiger partial charge in [0.05, 0.1) is 0 Å². The van der Waals surface area contributed by atoms with Crippen molar-refractivity contribution in [3.05, 3.63) is 54.1 Å². The minimum absolute atomic E-state index is 0.303. The molecule has 2 aromatic rings. The van der Waals surface area contributed by atoms with Gasteiger partial charge in [0.15, 0.2) is 0 Å². The van der Waals surface area contributed by atoms with Crippen molar-refractivity contribution >= 4 is 17.4 Å². The number of anilines is 1. The van der Waals surface area contributed by atoms with Crippen molar-refractivity contribution in [3.8, 4) is 5.75 Å². The van der Waals surface area contributed by atoms with Crippen LogP contribution in [0.2, 0.25) is 0 Å². The standard InChI is InChI=1S/C13H13NOS/c14-11-2-1-3-13(8-11)16-9-10-4-6-12(15)7-5-10/h1-8,15H,9,14H2. The van der Waals surface area contributed by atoms with Gasteiger partial charge < -0.3 is 10.8 Å². The van der Waals surface area contributed by atoms with E-state index < -0.39 is 0 Å². The number of nitrogens with two attached hydrogens (primary N) is 1. The Bertz CT molecular complexity index is 468. The van der Waals surface area contributed by atoms with Gasteiger partial charge in [0.2, 0.25) is 0 Å². The first kappa shape index (κ1) is 10.9. The van der Waals surface area contributed by atoms with Crippen molar-refractivity contribution in [2.24, 2.45) is 0 Å². The number of hydrogen-bond donors (Lipinski definition) is 2. The Labute approximate surface area is 99.1 Å². The summed E-state index contributed by atoms with van der Waals surface area (Å²) in [5.41, 5.74) is 7.67. The van der Waals surface area contributed by atoms with Crippen LogP contribution in [-0.4, -0.2) is 5.11 Å². The summed E-state index contributed by atoms with van der Waals surface area (Å²) in [6, 6.07) is 15.1. The highest BCUT2D eigenvalue weighted by Gasteiger charge is 1.97. The molecule has 82 valence electrons. The lowest BCUT2D eigenvalue weighted by Crippen LogP contribution is -1.84. The van der Waals surface area contributed by atoms with Gasteiger partial charge in [-0.25, -0.2) is 0 Å². The number of aromatic hydroxyl groups is 1. The predicted molar refractivity (Wildman–Crippen MR) is 68.5 cm³/mol. The molecule has 2 rings (SSSR count). The highest BCUT2D eigenvalue weighted by molar-refractivity contribution is 7.98. The summed E-state index contributed by atoms with van der Waals surface area (Å²) in [4.78, 5) is 1.16. The van der Waals surface area contributed by atoms with E-state index in [9.17, 15) is 0 Å². The van der Waals surface area contributed by atoms with Gasteiger partial charge in [-0.15, -0.1) is 11.8 Å². The first-order chi connectivity index (χ1) is 7.74. The third-order valence-corrected chi connectivity index (χ3v) is 3.26. The molecule has 0 aliphatic carbocycles. The van der Waals surface area contributed by atoms with Crippen LogP contribution in [0.1, 0.15) is 5.56 Å². The van der Waals surface area contributed by atoms with E-state index in [-0.39, 0.29) is 0 Å². The zero-order valence-corrected chi connectivity index (χ0v) is 9.58. The van der Waals surface area contributed by atoms with Crippen molar-refractivity contribution in [1.29, 1.82) is 0 Å². The van der Waals surface area contributed by atoms with E-state index in [4.69, 9.17) is 10.8 Å². The summed E-state index contributed by atoms with van der Waals surface area (Å²) in [6.45, 7) is 0. The van der Waals surface area contributed by atoms with Crippen LogP contribution in [-0.2, 0) is 5.75 Å². The molecule has 0 unspecified atom stereocenters. The summed E-state index contributed by atoms with van der Waals surface area (Å²) >= 11 is 1.73. The van der Waals surface area contributed by atoms with Crippen molar-refractivity contribution < 1.29 is 5.11 Å². The summed E-state index contributed by atoms with van der Waals surface area (Å²) in [7, 11) is 0. The molecular formula is C13H13NOS. The molecule has 0 spiro atoms. The van der Waals surface area contributed by atoms with E-state index in [1.807, 2.05) is 36.4 Å². The minimum atomic E-state index is 0.303. The molecule has 0 amide bonds. The fourth-order valence-electron chi connectivity index (χ4n) is 1.36. The second-order valence-corrected chi connectivity index (χ2v) is 4.58. The number of rotatable bonds is 3. The summed E-state index contributed by atoms with van der Waals surface area (Å²) < 4.78 is 0. The van der Waals surface area contributed by atoms with Crippen LogP contribution >= 0.6 is 11.8 Å². The zero-order chi connectivity index (χ0) is 11.4. The van der Waals surface area contributed by atoms with Crippen LogP contribution in [0.5, 0.6) is 5.75 Å². The van der Waals surface area contributed by atoms with E-state index in [0.29, 0.717) is 5.75 Å². The van der Waals surface area contributed by atoms with Gasteiger partial charge in [-0.2, -0.15) is 0 Å². The highest BCUT2D eigenvalue weighted by atomic mass is 32.2. The molecule has 0 aromatic heterocycles. The second-order valence-electron chi connectivity index (χ2n) is 3.53. The van der Waals surface area contributed by atoms with Gasteiger partial charge in [0.25, 0.3) is 0 Å². The Morgan fingerprint density at radius 2 is 1.81 bits per heavy atom. The number of thioether (sulfide) groups is 1. The quantitative estimate of drug-likeness (QED) is 0.629. The third-order valence-electron chi connectivity index (χ3n) is 2.20. The van der Waals surface area contributed by atoms with E-state index in [2.05, 4.69) is 0 Å². The molecule has 16 heavy (non-hydrogen) atoms. The Hall–Kier alpha value is -1.61. The Morgan fingerprint density at radius 1 is 1.06 bits per heavy atom. The largest absolute Gasteiger partial charge is 0.508 e. The van der Waals surface area contributed by atoms with Gasteiger partial charge in [-0.05, 0) is 35.9 Å². The van der Waals surface area contributed by atoms with E-state index in [0.717, 1.165) is 16.3 Å². The monoisotopic (exact) mass is 231 g/mol. The van der Waals surface area contributed by atoms with Crippen LogP contribution in [0.25, 0.3) is 0 Å². The molecule has 3 heteroatoms. The lowest BCUT2D eigenvalue weighted by Gasteiger charge is -2.03. The molecule has 0 saturated heterocycles. The zero-order valence-electron chi connectivity index (χ0n) is 8.76. The first-order valence-corrected chi connectivity index (χ1v) is 5.99. The van der Waals surface area contributed by atoms with Crippen LogP contribution in [0.4, 0.5) is 5.69 Å². The molecule has 0 fully saturated rings. The number of hydrogen-bond acceptors (Lipinski definition) is 3. The smallest absolute Gasteiger partial charge is 0.115 e. The maximum atomic E-state index is 9.15.